The number of tetrazole rings is 1. The van der Waals surface area contributed by atoms with Crippen molar-refractivity contribution in [2.75, 3.05) is 6.54 Å². The van der Waals surface area contributed by atoms with E-state index in [1.165, 1.54) is 4.80 Å². The molecule has 2 aromatic rings. The Labute approximate surface area is 121 Å². The van der Waals surface area contributed by atoms with Crippen molar-refractivity contribution in [3.63, 3.8) is 0 Å². The van der Waals surface area contributed by atoms with Crippen LogP contribution in [-0.4, -0.2) is 26.8 Å². The van der Waals surface area contributed by atoms with E-state index < -0.39 is 0 Å². The molecule has 0 saturated heterocycles. The summed E-state index contributed by atoms with van der Waals surface area (Å²) in [4.78, 5) is 1.44. The molecule has 1 unspecified atom stereocenters. The third-order valence-electron chi connectivity index (χ3n) is 2.74. The van der Waals surface area contributed by atoms with Gasteiger partial charge in [-0.2, -0.15) is 4.80 Å². The zero-order valence-electron chi connectivity index (χ0n) is 10.8. The summed E-state index contributed by atoms with van der Waals surface area (Å²) in [6.45, 7) is 2.85. The van der Waals surface area contributed by atoms with Crippen LogP contribution in [0.5, 0.6) is 0 Å². The van der Waals surface area contributed by atoms with Gasteiger partial charge in [-0.05, 0) is 23.4 Å². The third-order valence-corrected chi connectivity index (χ3v) is 3.58. The highest BCUT2D eigenvalue weighted by Crippen LogP contribution is 2.31. The molecule has 0 aliphatic rings. The second-order valence-corrected chi connectivity index (χ2v) is 4.94. The minimum atomic E-state index is 0.0143. The van der Waals surface area contributed by atoms with Crippen molar-refractivity contribution < 1.29 is 0 Å². The van der Waals surface area contributed by atoms with Gasteiger partial charge in [0.05, 0.1) is 17.1 Å². The zero-order chi connectivity index (χ0) is 13.8. The summed E-state index contributed by atoms with van der Waals surface area (Å²) >= 11 is 12.3. The Morgan fingerprint density at radius 2 is 2.16 bits per heavy atom. The highest BCUT2D eigenvalue weighted by molar-refractivity contribution is 6.42. The fourth-order valence-electron chi connectivity index (χ4n) is 1.92. The van der Waals surface area contributed by atoms with E-state index in [0.29, 0.717) is 22.3 Å². The number of halogens is 2. The lowest BCUT2D eigenvalue weighted by Crippen LogP contribution is -2.23. The van der Waals surface area contributed by atoms with Crippen LogP contribution in [0, 0.1) is 0 Å². The molecule has 0 amide bonds. The number of nitrogens with zero attached hydrogens (tertiary/aromatic N) is 4. The molecule has 1 heterocycles. The van der Waals surface area contributed by atoms with Gasteiger partial charge in [-0.3, -0.25) is 0 Å². The van der Waals surface area contributed by atoms with Crippen LogP contribution in [0.2, 0.25) is 10.0 Å². The molecule has 1 aromatic heterocycles. The summed E-state index contributed by atoms with van der Waals surface area (Å²) in [6, 6.07) is 5.63. The Hall–Kier alpha value is -1.17. The topological polar surface area (TPSA) is 55.6 Å². The molecule has 0 fully saturated rings. The lowest BCUT2D eigenvalue weighted by molar-refractivity contribution is 0.535. The summed E-state index contributed by atoms with van der Waals surface area (Å²) in [5.74, 6) is 0.671. The molecule has 5 nitrogen and oxygen atoms in total. The first-order chi connectivity index (χ1) is 9.11. The molecule has 0 aliphatic heterocycles. The maximum atomic E-state index is 6.26. The highest BCUT2D eigenvalue weighted by Gasteiger charge is 2.18. The summed E-state index contributed by atoms with van der Waals surface area (Å²) in [7, 11) is 1.74. The van der Waals surface area contributed by atoms with Gasteiger partial charge < -0.3 is 5.32 Å². The Morgan fingerprint density at radius 1 is 1.37 bits per heavy atom. The van der Waals surface area contributed by atoms with E-state index in [9.17, 15) is 0 Å². The van der Waals surface area contributed by atoms with Crippen LogP contribution >= 0.6 is 23.2 Å². The largest absolute Gasteiger partial charge is 0.310 e. The predicted molar refractivity (Wildman–Crippen MR) is 75.4 cm³/mol. The smallest absolute Gasteiger partial charge is 0.176 e. The number of rotatable bonds is 5. The third kappa shape index (κ3) is 3.43. The van der Waals surface area contributed by atoms with Crippen molar-refractivity contribution in [1.29, 1.82) is 0 Å². The van der Waals surface area contributed by atoms with E-state index in [-0.39, 0.29) is 6.04 Å². The molecule has 0 radical (unpaired) electrons. The van der Waals surface area contributed by atoms with Crippen LogP contribution in [0.4, 0.5) is 0 Å². The summed E-state index contributed by atoms with van der Waals surface area (Å²) in [6.07, 6.45) is 0.613. The van der Waals surface area contributed by atoms with Gasteiger partial charge in [0.25, 0.3) is 0 Å². The lowest BCUT2D eigenvalue weighted by Gasteiger charge is -2.18. The Kier molecular flexibility index (Phi) is 4.74. The van der Waals surface area contributed by atoms with Crippen LogP contribution in [0.1, 0.15) is 24.4 Å². The maximum Gasteiger partial charge on any atom is 0.176 e. The predicted octanol–water partition coefficient (Wildman–Crippen LogP) is 2.41. The Bertz CT molecular complexity index is 555. The number of nitrogens with one attached hydrogen (secondary N) is 1. The first-order valence-electron chi connectivity index (χ1n) is 6.02. The van der Waals surface area contributed by atoms with Crippen molar-refractivity contribution in [2.45, 2.75) is 19.4 Å². The van der Waals surface area contributed by atoms with Gasteiger partial charge >= 0.3 is 0 Å². The molecule has 102 valence electrons. The number of hydrogen-bond donors (Lipinski definition) is 1. The molecule has 0 aliphatic carbocycles. The normalized spacial score (nSPS) is 12.6. The molecular formula is C12H15Cl2N5. The summed E-state index contributed by atoms with van der Waals surface area (Å²) < 4.78 is 0. The van der Waals surface area contributed by atoms with Crippen LogP contribution in [-0.2, 0) is 13.5 Å². The van der Waals surface area contributed by atoms with Gasteiger partial charge in [0, 0.05) is 12.5 Å². The van der Waals surface area contributed by atoms with E-state index >= 15 is 0 Å². The van der Waals surface area contributed by atoms with Gasteiger partial charge in [0.2, 0.25) is 0 Å². The van der Waals surface area contributed by atoms with Gasteiger partial charge in [-0.1, -0.05) is 42.3 Å². The number of aryl methyl sites for hydroxylation is 1. The first-order valence-corrected chi connectivity index (χ1v) is 6.77. The average Bonchev–Trinajstić information content (AvgIpc) is 2.78. The number of benzene rings is 1. The second-order valence-electron chi connectivity index (χ2n) is 4.15. The molecule has 0 bridgehead atoms. The van der Waals surface area contributed by atoms with E-state index in [4.69, 9.17) is 23.2 Å². The quantitative estimate of drug-likeness (QED) is 0.921. The monoisotopic (exact) mass is 299 g/mol. The van der Waals surface area contributed by atoms with Crippen molar-refractivity contribution in [3.8, 4) is 0 Å². The van der Waals surface area contributed by atoms with E-state index in [0.717, 1.165) is 12.1 Å². The fraction of sp³-hybridized carbons (Fsp3) is 0.417. The van der Waals surface area contributed by atoms with Crippen molar-refractivity contribution in [1.82, 2.24) is 25.5 Å². The molecule has 7 heteroatoms. The number of aromatic nitrogens is 4. The molecule has 1 atom stereocenters. The van der Waals surface area contributed by atoms with Crippen LogP contribution in [0.15, 0.2) is 18.2 Å². The zero-order valence-corrected chi connectivity index (χ0v) is 12.3. The van der Waals surface area contributed by atoms with Crippen molar-refractivity contribution >= 4 is 23.2 Å². The number of likely N-dealkylation sites (N-methyl/N-ethyl adjacent to an activating group) is 1. The molecule has 1 N–H and O–H groups in total. The van der Waals surface area contributed by atoms with Crippen LogP contribution < -0.4 is 5.32 Å². The molecule has 2 rings (SSSR count). The molecule has 19 heavy (non-hydrogen) atoms. The number of hydrogen-bond acceptors (Lipinski definition) is 4. The minimum Gasteiger partial charge on any atom is -0.310 e. The van der Waals surface area contributed by atoms with E-state index in [1.54, 1.807) is 13.1 Å². The Balaban J connectivity index is 2.26. The summed E-state index contributed by atoms with van der Waals surface area (Å²) in [5.41, 5.74) is 0.948. The average molecular weight is 300 g/mol. The molecular weight excluding hydrogens is 285 g/mol. The lowest BCUT2D eigenvalue weighted by atomic mass is 10.0. The molecule has 1 aromatic carbocycles. The molecule has 0 spiro atoms. The Morgan fingerprint density at radius 3 is 2.79 bits per heavy atom. The minimum absolute atomic E-state index is 0.0143. The van der Waals surface area contributed by atoms with Crippen LogP contribution in [0.25, 0.3) is 0 Å². The van der Waals surface area contributed by atoms with Gasteiger partial charge in [-0.25, -0.2) is 0 Å². The van der Waals surface area contributed by atoms with Gasteiger partial charge in [0.15, 0.2) is 5.82 Å². The van der Waals surface area contributed by atoms with Crippen molar-refractivity contribution in [2.24, 2.45) is 7.05 Å². The second kappa shape index (κ2) is 6.32. The highest BCUT2D eigenvalue weighted by atomic mass is 35.5. The van der Waals surface area contributed by atoms with E-state index in [1.807, 2.05) is 19.1 Å². The van der Waals surface area contributed by atoms with E-state index in [2.05, 4.69) is 20.7 Å². The SMILES string of the molecule is CCNC(Cc1nnn(C)n1)c1cccc(Cl)c1Cl. The van der Waals surface area contributed by atoms with Gasteiger partial charge in [-0.15, -0.1) is 10.2 Å². The fourth-order valence-corrected chi connectivity index (χ4v) is 2.36. The van der Waals surface area contributed by atoms with Crippen LogP contribution in [0.3, 0.4) is 0 Å². The standard InChI is InChI=1S/C12H15Cl2N5/c1-3-15-10(7-11-16-18-19(2)17-11)8-5-4-6-9(13)12(8)14/h4-6,10,15H,3,7H2,1-2H3. The summed E-state index contributed by atoms with van der Waals surface area (Å²) in [5, 5.41) is 16.5. The maximum absolute atomic E-state index is 6.26. The van der Waals surface area contributed by atoms with Crippen molar-refractivity contribution in [3.05, 3.63) is 39.6 Å². The first kappa shape index (κ1) is 14.2. The van der Waals surface area contributed by atoms with Gasteiger partial charge in [0.1, 0.15) is 0 Å². The molecule has 0 saturated carbocycles.